The Bertz CT molecular complexity index is 488. The Morgan fingerprint density at radius 1 is 1.05 bits per heavy atom. The van der Waals surface area contributed by atoms with E-state index in [2.05, 4.69) is 6.92 Å². The first-order chi connectivity index (χ1) is 10.5. The quantitative estimate of drug-likeness (QED) is 0.322. The lowest BCUT2D eigenvalue weighted by Crippen LogP contribution is -2.34. The zero-order chi connectivity index (χ0) is 16.3. The van der Waals surface area contributed by atoms with Gasteiger partial charge in [-0.2, -0.15) is 8.42 Å². The molecule has 3 nitrogen and oxygen atoms in total. The lowest BCUT2D eigenvalue weighted by molar-refractivity contribution is 0.461. The zero-order valence-corrected chi connectivity index (χ0v) is 14.5. The van der Waals surface area contributed by atoms with Gasteiger partial charge < -0.3 is 0 Å². The maximum atomic E-state index is 11.6. The molecule has 0 bridgehead atoms. The Kier molecular flexibility index (Phi) is 8.72. The molecule has 0 radical (unpaired) electrons. The molecule has 1 unspecified atom stereocenters. The minimum absolute atomic E-state index is 0.302. The van der Waals surface area contributed by atoms with Gasteiger partial charge in [-0.25, -0.2) is 0 Å². The average molecular weight is 327 g/mol. The summed E-state index contributed by atoms with van der Waals surface area (Å²) in [6.07, 6.45) is 21.6. The van der Waals surface area contributed by atoms with Crippen molar-refractivity contribution in [3.05, 3.63) is 36.5 Å². The maximum Gasteiger partial charge on any atom is 0.278 e. The van der Waals surface area contributed by atoms with E-state index >= 15 is 0 Å². The molecule has 0 saturated carbocycles. The van der Waals surface area contributed by atoms with Crippen molar-refractivity contribution in [1.82, 2.24) is 0 Å². The number of hydrogen-bond acceptors (Lipinski definition) is 2. The molecule has 1 atom stereocenters. The van der Waals surface area contributed by atoms with Crippen LogP contribution >= 0.6 is 0 Å². The van der Waals surface area contributed by atoms with Gasteiger partial charge in [-0.05, 0) is 19.3 Å². The summed E-state index contributed by atoms with van der Waals surface area (Å²) >= 11 is 0. The molecule has 1 aliphatic carbocycles. The Balaban J connectivity index is 2.26. The van der Waals surface area contributed by atoms with Crippen LogP contribution in [0.15, 0.2) is 36.5 Å². The van der Waals surface area contributed by atoms with Crippen molar-refractivity contribution >= 4 is 10.1 Å². The predicted molar refractivity (Wildman–Crippen MR) is 93.5 cm³/mol. The smallest absolute Gasteiger partial charge is 0.278 e. The Hall–Kier alpha value is -0.870. The van der Waals surface area contributed by atoms with Gasteiger partial charge in [0.2, 0.25) is 0 Å². The number of unbranched alkanes of at least 4 members (excludes halogenated alkanes) is 8. The van der Waals surface area contributed by atoms with Gasteiger partial charge in [0, 0.05) is 0 Å². The molecular formula is C18H30O3S. The monoisotopic (exact) mass is 326 g/mol. The van der Waals surface area contributed by atoms with Crippen LogP contribution in [0.3, 0.4) is 0 Å². The Morgan fingerprint density at radius 3 is 2.23 bits per heavy atom. The van der Waals surface area contributed by atoms with Crippen molar-refractivity contribution in [3.63, 3.8) is 0 Å². The second-order valence-corrected chi connectivity index (χ2v) is 7.80. The molecule has 0 fully saturated rings. The van der Waals surface area contributed by atoms with Gasteiger partial charge in [0.25, 0.3) is 10.1 Å². The molecule has 0 saturated heterocycles. The standard InChI is InChI=1S/C18H30O3S/c1-2-3-4-5-6-7-8-9-10-12-15-18(22(19,20)21)16-13-11-14-17-18/h11-16H,2-10,17H2,1H3,(H,19,20,21). The molecule has 0 aliphatic heterocycles. The molecule has 22 heavy (non-hydrogen) atoms. The molecule has 126 valence electrons. The fourth-order valence-corrected chi connectivity index (χ4v) is 3.52. The van der Waals surface area contributed by atoms with Gasteiger partial charge in [-0.15, -0.1) is 0 Å². The summed E-state index contributed by atoms with van der Waals surface area (Å²) in [5.41, 5.74) is 0. The lowest BCUT2D eigenvalue weighted by atomic mass is 9.98. The minimum atomic E-state index is -4.12. The number of allylic oxidation sites excluding steroid dienone is 4. The largest absolute Gasteiger partial charge is 0.285 e. The van der Waals surface area contributed by atoms with Gasteiger partial charge >= 0.3 is 0 Å². The summed E-state index contributed by atoms with van der Waals surface area (Å²) in [6.45, 7) is 2.23. The SMILES string of the molecule is CCCCCCCCCCC=CC1(S(=O)(=O)O)C=CC=CC1. The summed E-state index contributed by atoms with van der Waals surface area (Å²) in [6, 6.07) is 0. The third kappa shape index (κ3) is 6.49. The van der Waals surface area contributed by atoms with Gasteiger partial charge in [-0.3, -0.25) is 4.55 Å². The Morgan fingerprint density at radius 2 is 1.68 bits per heavy atom. The van der Waals surface area contributed by atoms with Crippen molar-refractivity contribution in [2.75, 3.05) is 0 Å². The molecule has 4 heteroatoms. The van der Waals surface area contributed by atoms with E-state index in [1.54, 1.807) is 30.4 Å². The van der Waals surface area contributed by atoms with Crippen LogP contribution in [0.4, 0.5) is 0 Å². The fraction of sp³-hybridized carbons (Fsp3) is 0.667. The van der Waals surface area contributed by atoms with Crippen LogP contribution in [0.2, 0.25) is 0 Å². The first kappa shape index (κ1) is 19.2. The highest BCUT2D eigenvalue weighted by Crippen LogP contribution is 2.28. The van der Waals surface area contributed by atoms with E-state index in [-0.39, 0.29) is 0 Å². The molecular weight excluding hydrogens is 296 g/mol. The summed E-state index contributed by atoms with van der Waals surface area (Å²) in [5.74, 6) is 0. The van der Waals surface area contributed by atoms with E-state index in [0.29, 0.717) is 6.42 Å². The first-order valence-corrected chi connectivity index (χ1v) is 9.95. The van der Waals surface area contributed by atoms with Gasteiger partial charge in [0.05, 0.1) is 0 Å². The van der Waals surface area contributed by atoms with Crippen LogP contribution in [0.1, 0.15) is 71.1 Å². The molecule has 0 spiro atoms. The van der Waals surface area contributed by atoms with Gasteiger partial charge in [0.15, 0.2) is 0 Å². The topological polar surface area (TPSA) is 54.4 Å². The minimum Gasteiger partial charge on any atom is -0.285 e. The van der Waals surface area contributed by atoms with E-state index < -0.39 is 14.9 Å². The van der Waals surface area contributed by atoms with E-state index in [4.69, 9.17) is 0 Å². The highest BCUT2D eigenvalue weighted by Gasteiger charge is 2.37. The van der Waals surface area contributed by atoms with Crippen LogP contribution in [0.25, 0.3) is 0 Å². The molecule has 1 N–H and O–H groups in total. The molecule has 0 aromatic carbocycles. The fourth-order valence-electron chi connectivity index (χ4n) is 2.70. The lowest BCUT2D eigenvalue weighted by Gasteiger charge is -2.24. The van der Waals surface area contributed by atoms with Gasteiger partial charge in [-0.1, -0.05) is 88.3 Å². The molecule has 0 aromatic heterocycles. The van der Waals surface area contributed by atoms with Crippen molar-refractivity contribution in [2.24, 2.45) is 0 Å². The molecule has 1 aliphatic rings. The van der Waals surface area contributed by atoms with Crippen LogP contribution < -0.4 is 0 Å². The summed E-state index contributed by atoms with van der Waals surface area (Å²) in [5, 5.41) is 0. The molecule has 1 rings (SSSR count). The van der Waals surface area contributed by atoms with Gasteiger partial charge in [0.1, 0.15) is 4.75 Å². The van der Waals surface area contributed by atoms with Crippen LogP contribution in [-0.4, -0.2) is 17.7 Å². The van der Waals surface area contributed by atoms with Crippen LogP contribution in [0, 0.1) is 0 Å². The van der Waals surface area contributed by atoms with Crippen molar-refractivity contribution in [2.45, 2.75) is 75.9 Å². The van der Waals surface area contributed by atoms with Crippen LogP contribution in [-0.2, 0) is 10.1 Å². The van der Waals surface area contributed by atoms with Crippen molar-refractivity contribution in [1.29, 1.82) is 0 Å². The second-order valence-electron chi connectivity index (χ2n) is 6.09. The zero-order valence-electron chi connectivity index (χ0n) is 13.7. The van der Waals surface area contributed by atoms with E-state index in [1.165, 1.54) is 44.9 Å². The third-order valence-corrected chi connectivity index (χ3v) is 5.57. The average Bonchev–Trinajstić information content (AvgIpc) is 2.49. The highest BCUT2D eigenvalue weighted by molar-refractivity contribution is 7.87. The molecule has 0 aromatic rings. The van der Waals surface area contributed by atoms with E-state index in [0.717, 1.165) is 12.8 Å². The van der Waals surface area contributed by atoms with Crippen molar-refractivity contribution < 1.29 is 13.0 Å². The first-order valence-electron chi connectivity index (χ1n) is 8.51. The normalized spacial score (nSPS) is 21.7. The number of hydrogen-bond donors (Lipinski definition) is 1. The number of rotatable bonds is 11. The van der Waals surface area contributed by atoms with E-state index in [9.17, 15) is 13.0 Å². The van der Waals surface area contributed by atoms with Crippen LogP contribution in [0.5, 0.6) is 0 Å². The molecule has 0 heterocycles. The highest BCUT2D eigenvalue weighted by atomic mass is 32.2. The Labute approximate surface area is 135 Å². The third-order valence-electron chi connectivity index (χ3n) is 4.17. The summed E-state index contributed by atoms with van der Waals surface area (Å²) in [4.78, 5) is 0. The van der Waals surface area contributed by atoms with Crippen molar-refractivity contribution in [3.8, 4) is 0 Å². The maximum absolute atomic E-state index is 11.6. The molecule has 0 amide bonds. The predicted octanol–water partition coefficient (Wildman–Crippen LogP) is 5.22. The summed E-state index contributed by atoms with van der Waals surface area (Å²) in [7, 11) is -4.12. The summed E-state index contributed by atoms with van der Waals surface area (Å²) < 4.78 is 31.4. The van der Waals surface area contributed by atoms with E-state index in [1.807, 2.05) is 6.08 Å². The second kappa shape index (κ2) is 10.0.